The number of nitrogens with zero attached hydrogens (tertiary/aromatic N) is 2. The summed E-state index contributed by atoms with van der Waals surface area (Å²) in [5.41, 5.74) is -0.0890. The zero-order valence-corrected chi connectivity index (χ0v) is 10.3. The van der Waals surface area contributed by atoms with Crippen molar-refractivity contribution in [1.29, 1.82) is 0 Å². The molecular weight excluding hydrogens is 249 g/mol. The van der Waals surface area contributed by atoms with E-state index in [0.29, 0.717) is 13.1 Å². The molecule has 0 radical (unpaired) electrons. The number of benzene rings is 1. The first-order valence-electron chi connectivity index (χ1n) is 4.94. The molecule has 0 aromatic heterocycles. The second-order valence-electron chi connectivity index (χ2n) is 3.77. The van der Waals surface area contributed by atoms with Crippen LogP contribution in [0.2, 0.25) is 5.02 Å². The van der Waals surface area contributed by atoms with Gasteiger partial charge >= 0.3 is 0 Å². The maximum absolute atomic E-state index is 13.1. The van der Waals surface area contributed by atoms with E-state index in [1.165, 1.54) is 6.07 Å². The number of hydrogen-bond acceptors (Lipinski definition) is 4. The molecule has 0 amide bonds. The van der Waals surface area contributed by atoms with Gasteiger partial charge in [0.05, 0.1) is 16.0 Å². The van der Waals surface area contributed by atoms with E-state index >= 15 is 0 Å². The molecule has 0 heterocycles. The minimum atomic E-state index is -0.795. The molecule has 1 N–H and O–H groups in total. The lowest BCUT2D eigenvalue weighted by atomic mass is 10.2. The smallest absolute Gasteiger partial charge is 0.295 e. The van der Waals surface area contributed by atoms with Gasteiger partial charge in [0.1, 0.15) is 11.5 Å². The van der Waals surface area contributed by atoms with E-state index < -0.39 is 10.7 Å². The van der Waals surface area contributed by atoms with Crippen LogP contribution >= 0.6 is 11.6 Å². The van der Waals surface area contributed by atoms with Crippen molar-refractivity contribution in [2.75, 3.05) is 32.5 Å². The van der Waals surface area contributed by atoms with E-state index in [2.05, 4.69) is 5.32 Å². The number of nitrogens with one attached hydrogen (secondary N) is 1. The van der Waals surface area contributed by atoms with Crippen LogP contribution in [0.5, 0.6) is 0 Å². The first-order valence-corrected chi connectivity index (χ1v) is 5.31. The molecule has 7 heteroatoms. The van der Waals surface area contributed by atoms with Gasteiger partial charge in [-0.05, 0) is 20.2 Å². The van der Waals surface area contributed by atoms with Gasteiger partial charge in [0.25, 0.3) is 5.69 Å². The van der Waals surface area contributed by atoms with E-state index in [9.17, 15) is 14.5 Å². The number of halogens is 2. The molecular formula is C10H13ClFN3O2. The fraction of sp³-hybridized carbons (Fsp3) is 0.400. The Hall–Kier alpha value is -1.40. The predicted octanol–water partition coefficient (Wildman–Crippen LogP) is 2.36. The highest BCUT2D eigenvalue weighted by Gasteiger charge is 2.17. The molecule has 1 rings (SSSR count). The minimum Gasteiger partial charge on any atom is -0.378 e. The second-order valence-corrected chi connectivity index (χ2v) is 4.18. The molecule has 17 heavy (non-hydrogen) atoms. The minimum absolute atomic E-state index is 0.136. The van der Waals surface area contributed by atoms with Crippen LogP contribution in [-0.4, -0.2) is 37.0 Å². The highest BCUT2D eigenvalue weighted by molar-refractivity contribution is 6.31. The van der Waals surface area contributed by atoms with Crippen LogP contribution in [0.25, 0.3) is 0 Å². The Morgan fingerprint density at radius 3 is 2.71 bits per heavy atom. The molecule has 0 atom stereocenters. The molecule has 0 aliphatic rings. The van der Waals surface area contributed by atoms with Crippen LogP contribution in [0.3, 0.4) is 0 Å². The lowest BCUT2D eigenvalue weighted by Crippen LogP contribution is -2.21. The van der Waals surface area contributed by atoms with Gasteiger partial charge < -0.3 is 10.2 Å². The fourth-order valence-electron chi connectivity index (χ4n) is 1.24. The summed E-state index contributed by atoms with van der Waals surface area (Å²) in [5, 5.41) is 13.5. The highest BCUT2D eigenvalue weighted by atomic mass is 35.5. The molecule has 0 saturated carbocycles. The Kier molecular flexibility index (Phi) is 4.65. The third kappa shape index (κ3) is 3.83. The lowest BCUT2D eigenvalue weighted by Gasteiger charge is -2.11. The molecule has 0 saturated heterocycles. The molecule has 94 valence electrons. The van der Waals surface area contributed by atoms with Crippen molar-refractivity contribution in [1.82, 2.24) is 4.90 Å². The Morgan fingerprint density at radius 2 is 2.18 bits per heavy atom. The van der Waals surface area contributed by atoms with Gasteiger partial charge in [0.2, 0.25) is 0 Å². The van der Waals surface area contributed by atoms with E-state index in [0.717, 1.165) is 6.07 Å². The molecule has 0 bridgehead atoms. The van der Waals surface area contributed by atoms with E-state index in [1.54, 1.807) is 0 Å². The molecule has 0 unspecified atom stereocenters. The SMILES string of the molecule is CN(C)CCNc1cc(Cl)c(F)cc1[N+](=O)[O-]. The molecule has 1 aromatic rings. The average Bonchev–Trinajstić information content (AvgIpc) is 2.22. The van der Waals surface area contributed by atoms with Crippen molar-refractivity contribution in [2.45, 2.75) is 0 Å². The molecule has 1 aromatic carbocycles. The molecule has 5 nitrogen and oxygen atoms in total. The normalized spacial score (nSPS) is 10.6. The first kappa shape index (κ1) is 13.7. The van der Waals surface area contributed by atoms with Gasteiger partial charge in [-0.2, -0.15) is 0 Å². The number of anilines is 1. The largest absolute Gasteiger partial charge is 0.378 e. The standard InChI is InChI=1S/C10H13ClFN3O2/c1-14(2)4-3-13-9-5-7(11)8(12)6-10(9)15(16)17/h5-6,13H,3-4H2,1-2H3. The zero-order valence-electron chi connectivity index (χ0n) is 9.54. The fourth-order valence-corrected chi connectivity index (χ4v) is 1.41. The molecule has 0 fully saturated rings. The Morgan fingerprint density at radius 1 is 1.53 bits per heavy atom. The molecule has 0 spiro atoms. The van der Waals surface area contributed by atoms with Gasteiger partial charge in [0.15, 0.2) is 0 Å². The third-order valence-corrected chi connectivity index (χ3v) is 2.40. The van der Waals surface area contributed by atoms with Crippen LogP contribution in [0.4, 0.5) is 15.8 Å². The van der Waals surface area contributed by atoms with Crippen LogP contribution < -0.4 is 5.32 Å². The summed E-state index contributed by atoms with van der Waals surface area (Å²) in [6.45, 7) is 1.21. The predicted molar refractivity (Wildman–Crippen MR) is 65.1 cm³/mol. The van der Waals surface area contributed by atoms with Crippen molar-refractivity contribution >= 4 is 23.0 Å². The zero-order chi connectivity index (χ0) is 13.0. The number of likely N-dealkylation sites (N-methyl/N-ethyl adjacent to an activating group) is 1. The summed E-state index contributed by atoms with van der Waals surface area (Å²) in [6, 6.07) is 2.05. The van der Waals surface area contributed by atoms with E-state index in [-0.39, 0.29) is 16.4 Å². The Balaban J connectivity index is 2.89. The lowest BCUT2D eigenvalue weighted by molar-refractivity contribution is -0.384. The summed E-state index contributed by atoms with van der Waals surface area (Å²) < 4.78 is 13.1. The van der Waals surface area contributed by atoms with Crippen LogP contribution in [0, 0.1) is 15.9 Å². The van der Waals surface area contributed by atoms with Crippen molar-refractivity contribution in [3.63, 3.8) is 0 Å². The Bertz CT molecular complexity index is 426. The van der Waals surface area contributed by atoms with Crippen LogP contribution in [0.1, 0.15) is 0 Å². The summed E-state index contributed by atoms with van der Waals surface area (Å²) in [4.78, 5) is 12.0. The van der Waals surface area contributed by atoms with Gasteiger partial charge in [-0.25, -0.2) is 4.39 Å². The highest BCUT2D eigenvalue weighted by Crippen LogP contribution is 2.29. The van der Waals surface area contributed by atoms with E-state index in [1.807, 2.05) is 19.0 Å². The monoisotopic (exact) mass is 261 g/mol. The summed E-state index contributed by atoms with van der Waals surface area (Å²) in [6.07, 6.45) is 0. The summed E-state index contributed by atoms with van der Waals surface area (Å²) in [7, 11) is 3.77. The van der Waals surface area contributed by atoms with Gasteiger partial charge in [-0.15, -0.1) is 0 Å². The van der Waals surface area contributed by atoms with E-state index in [4.69, 9.17) is 11.6 Å². The number of hydrogen-bond donors (Lipinski definition) is 1. The third-order valence-electron chi connectivity index (χ3n) is 2.11. The van der Waals surface area contributed by atoms with Gasteiger partial charge in [-0.1, -0.05) is 11.6 Å². The van der Waals surface area contributed by atoms with Crippen molar-refractivity contribution < 1.29 is 9.31 Å². The summed E-state index contributed by atoms with van der Waals surface area (Å²) >= 11 is 5.58. The summed E-state index contributed by atoms with van der Waals surface area (Å²) in [5.74, 6) is -0.795. The van der Waals surface area contributed by atoms with Crippen molar-refractivity contribution in [3.05, 3.63) is 33.1 Å². The Labute approximate surface area is 103 Å². The molecule has 0 aliphatic carbocycles. The van der Waals surface area contributed by atoms with Crippen molar-refractivity contribution in [2.24, 2.45) is 0 Å². The van der Waals surface area contributed by atoms with Gasteiger partial charge in [0, 0.05) is 13.1 Å². The van der Waals surface area contributed by atoms with Crippen LogP contribution in [-0.2, 0) is 0 Å². The van der Waals surface area contributed by atoms with Crippen molar-refractivity contribution in [3.8, 4) is 0 Å². The first-order chi connectivity index (χ1) is 7.91. The maximum Gasteiger partial charge on any atom is 0.295 e. The number of nitro benzene ring substituents is 1. The molecule has 0 aliphatic heterocycles. The number of nitro groups is 1. The maximum atomic E-state index is 13.1. The van der Waals surface area contributed by atoms with Gasteiger partial charge in [-0.3, -0.25) is 10.1 Å². The second kappa shape index (κ2) is 5.79. The quantitative estimate of drug-likeness (QED) is 0.653. The average molecular weight is 262 g/mol. The van der Waals surface area contributed by atoms with Crippen LogP contribution in [0.15, 0.2) is 12.1 Å². The number of rotatable bonds is 5. The topological polar surface area (TPSA) is 58.4 Å².